The highest BCUT2D eigenvalue weighted by Crippen LogP contribution is 2.34. The predicted molar refractivity (Wildman–Crippen MR) is 111 cm³/mol. The number of amides is 1. The SMILES string of the molecule is CN(C)CCCN(C(=O)[C@@H]1COc2ccccc2O1)c1nc2c(F)cccc2s1. The number of anilines is 1. The summed E-state index contributed by atoms with van der Waals surface area (Å²) >= 11 is 1.30. The van der Waals surface area contributed by atoms with Crippen molar-refractivity contribution < 1.29 is 18.7 Å². The number of halogens is 1. The molecule has 0 radical (unpaired) electrons. The maximum Gasteiger partial charge on any atom is 0.273 e. The zero-order valence-electron chi connectivity index (χ0n) is 16.3. The van der Waals surface area contributed by atoms with Crippen molar-refractivity contribution >= 4 is 32.6 Å². The van der Waals surface area contributed by atoms with Gasteiger partial charge in [-0.1, -0.05) is 29.5 Å². The summed E-state index contributed by atoms with van der Waals surface area (Å²) in [6.07, 6.45) is -0.0254. The van der Waals surface area contributed by atoms with Gasteiger partial charge in [-0.15, -0.1) is 0 Å². The normalized spacial score (nSPS) is 15.7. The summed E-state index contributed by atoms with van der Waals surface area (Å²) in [5.74, 6) is 0.535. The highest BCUT2D eigenvalue weighted by molar-refractivity contribution is 7.22. The minimum atomic E-state index is -0.777. The third-order valence-corrected chi connectivity index (χ3v) is 5.67. The Labute approximate surface area is 172 Å². The lowest BCUT2D eigenvalue weighted by atomic mass is 10.2. The van der Waals surface area contributed by atoms with Gasteiger partial charge in [-0.3, -0.25) is 9.69 Å². The van der Waals surface area contributed by atoms with Crippen LogP contribution in [-0.2, 0) is 4.79 Å². The number of rotatable bonds is 6. The molecule has 1 amide bonds. The number of aromatic nitrogens is 1. The van der Waals surface area contributed by atoms with Crippen molar-refractivity contribution in [2.24, 2.45) is 0 Å². The largest absolute Gasteiger partial charge is 0.485 e. The Morgan fingerprint density at radius 3 is 2.72 bits per heavy atom. The minimum Gasteiger partial charge on any atom is -0.485 e. The second-order valence-electron chi connectivity index (χ2n) is 7.09. The molecule has 1 aliphatic heterocycles. The number of carbonyl (C=O) groups is 1. The molecule has 0 spiro atoms. The maximum absolute atomic E-state index is 14.1. The molecule has 0 bridgehead atoms. The van der Waals surface area contributed by atoms with Gasteiger partial charge in [-0.2, -0.15) is 0 Å². The molecular weight excluding hydrogens is 393 g/mol. The molecule has 0 saturated carbocycles. The second-order valence-corrected chi connectivity index (χ2v) is 8.10. The maximum atomic E-state index is 14.1. The van der Waals surface area contributed by atoms with Crippen LogP contribution in [0.2, 0.25) is 0 Å². The molecule has 0 N–H and O–H groups in total. The van der Waals surface area contributed by atoms with Crippen LogP contribution in [0.25, 0.3) is 10.2 Å². The monoisotopic (exact) mass is 415 g/mol. The number of nitrogens with zero attached hydrogens (tertiary/aromatic N) is 3. The summed E-state index contributed by atoms with van der Waals surface area (Å²) in [4.78, 5) is 21.4. The predicted octanol–water partition coefficient (Wildman–Crippen LogP) is 3.56. The zero-order valence-corrected chi connectivity index (χ0v) is 17.1. The molecule has 29 heavy (non-hydrogen) atoms. The van der Waals surface area contributed by atoms with E-state index in [4.69, 9.17) is 9.47 Å². The molecule has 6 nitrogen and oxygen atoms in total. The van der Waals surface area contributed by atoms with E-state index in [1.807, 2.05) is 26.2 Å². The second kappa shape index (κ2) is 8.34. The van der Waals surface area contributed by atoms with Gasteiger partial charge in [-0.25, -0.2) is 9.37 Å². The van der Waals surface area contributed by atoms with Crippen LogP contribution in [0, 0.1) is 5.82 Å². The van der Waals surface area contributed by atoms with Gasteiger partial charge in [0.1, 0.15) is 17.9 Å². The van der Waals surface area contributed by atoms with E-state index >= 15 is 0 Å². The lowest BCUT2D eigenvalue weighted by molar-refractivity contribution is -0.127. The summed E-state index contributed by atoms with van der Waals surface area (Å²) in [6, 6.07) is 12.1. The molecule has 2 heterocycles. The van der Waals surface area contributed by atoms with Gasteiger partial charge in [0.05, 0.1) is 4.70 Å². The summed E-state index contributed by atoms with van der Waals surface area (Å²) in [5, 5.41) is 0.469. The van der Waals surface area contributed by atoms with E-state index in [1.165, 1.54) is 17.4 Å². The van der Waals surface area contributed by atoms with E-state index in [0.29, 0.717) is 27.9 Å². The average Bonchev–Trinajstić information content (AvgIpc) is 3.15. The van der Waals surface area contributed by atoms with Gasteiger partial charge in [-0.05, 0) is 51.3 Å². The summed E-state index contributed by atoms with van der Waals surface area (Å²) in [7, 11) is 3.96. The molecule has 1 atom stereocenters. The molecule has 0 aliphatic carbocycles. The minimum absolute atomic E-state index is 0.124. The number of thiazole rings is 1. The Balaban J connectivity index is 1.61. The molecule has 152 valence electrons. The Morgan fingerprint density at radius 1 is 1.17 bits per heavy atom. The quantitative estimate of drug-likeness (QED) is 0.616. The van der Waals surface area contributed by atoms with E-state index in [9.17, 15) is 9.18 Å². The Morgan fingerprint density at radius 2 is 1.97 bits per heavy atom. The third kappa shape index (κ3) is 4.18. The molecule has 4 rings (SSSR count). The van der Waals surface area contributed by atoms with Gasteiger partial charge < -0.3 is 14.4 Å². The van der Waals surface area contributed by atoms with Crippen LogP contribution in [0.1, 0.15) is 6.42 Å². The Bertz CT molecular complexity index is 1020. The lowest BCUT2D eigenvalue weighted by Gasteiger charge is -2.29. The third-order valence-electron chi connectivity index (χ3n) is 4.63. The average molecular weight is 415 g/mol. The molecule has 2 aromatic carbocycles. The van der Waals surface area contributed by atoms with Crippen molar-refractivity contribution in [2.75, 3.05) is 38.7 Å². The van der Waals surface area contributed by atoms with Gasteiger partial charge in [0, 0.05) is 6.54 Å². The first-order chi connectivity index (χ1) is 14.0. The van der Waals surface area contributed by atoms with Crippen LogP contribution in [0.5, 0.6) is 11.5 Å². The van der Waals surface area contributed by atoms with Crippen LogP contribution in [0.15, 0.2) is 42.5 Å². The fourth-order valence-electron chi connectivity index (χ4n) is 3.18. The molecule has 3 aromatic rings. The molecule has 1 aliphatic rings. The van der Waals surface area contributed by atoms with Crippen molar-refractivity contribution in [1.82, 2.24) is 9.88 Å². The summed E-state index contributed by atoms with van der Waals surface area (Å²) in [5.41, 5.74) is 0.282. The van der Waals surface area contributed by atoms with Crippen molar-refractivity contribution in [1.29, 1.82) is 0 Å². The summed E-state index contributed by atoms with van der Waals surface area (Å²) in [6.45, 7) is 1.40. The highest BCUT2D eigenvalue weighted by Gasteiger charge is 2.33. The number of hydrogen-bond donors (Lipinski definition) is 0. The van der Waals surface area contributed by atoms with Crippen LogP contribution < -0.4 is 14.4 Å². The van der Waals surface area contributed by atoms with Gasteiger partial charge in [0.25, 0.3) is 5.91 Å². The van der Waals surface area contributed by atoms with E-state index in [-0.39, 0.29) is 18.0 Å². The van der Waals surface area contributed by atoms with Crippen LogP contribution in [0.3, 0.4) is 0 Å². The number of carbonyl (C=O) groups excluding carboxylic acids is 1. The molecule has 0 saturated heterocycles. The van der Waals surface area contributed by atoms with Crippen molar-refractivity contribution in [2.45, 2.75) is 12.5 Å². The zero-order chi connectivity index (χ0) is 20.4. The number of ether oxygens (including phenoxy) is 2. The standard InChI is InChI=1S/C21H22FN3O3S/c1-24(2)11-6-12-25(21-23-19-14(22)7-5-10-18(19)29-21)20(26)17-13-27-15-8-3-4-9-16(15)28-17/h3-5,7-10,17H,6,11-13H2,1-2H3/t17-/m0/s1. The topological polar surface area (TPSA) is 54.9 Å². The Kier molecular flexibility index (Phi) is 5.64. The summed E-state index contributed by atoms with van der Waals surface area (Å²) < 4.78 is 26.4. The number of fused-ring (bicyclic) bond motifs is 2. The van der Waals surface area contributed by atoms with E-state index in [1.54, 1.807) is 29.2 Å². The van der Waals surface area contributed by atoms with E-state index in [2.05, 4.69) is 9.88 Å². The first-order valence-electron chi connectivity index (χ1n) is 9.42. The molecule has 0 unspecified atom stereocenters. The van der Waals surface area contributed by atoms with Crippen LogP contribution in [-0.4, -0.2) is 55.7 Å². The number of para-hydroxylation sites is 3. The van der Waals surface area contributed by atoms with Gasteiger partial charge in [0.2, 0.25) is 6.10 Å². The fourth-order valence-corrected chi connectivity index (χ4v) is 4.19. The van der Waals surface area contributed by atoms with Crippen molar-refractivity contribution in [3.05, 3.63) is 48.3 Å². The number of hydrogen-bond acceptors (Lipinski definition) is 6. The van der Waals surface area contributed by atoms with Crippen LogP contribution in [0.4, 0.5) is 9.52 Å². The smallest absolute Gasteiger partial charge is 0.273 e. The first kappa shape index (κ1) is 19.6. The van der Waals surface area contributed by atoms with Gasteiger partial charge in [0.15, 0.2) is 16.6 Å². The molecule has 8 heteroatoms. The number of benzene rings is 2. The van der Waals surface area contributed by atoms with Crippen LogP contribution >= 0.6 is 11.3 Å². The van der Waals surface area contributed by atoms with E-state index in [0.717, 1.165) is 13.0 Å². The van der Waals surface area contributed by atoms with Crippen molar-refractivity contribution in [3.8, 4) is 11.5 Å². The molecule has 0 fully saturated rings. The lowest BCUT2D eigenvalue weighted by Crippen LogP contribution is -2.47. The highest BCUT2D eigenvalue weighted by atomic mass is 32.1. The first-order valence-corrected chi connectivity index (χ1v) is 10.2. The molecular formula is C21H22FN3O3S. The Hall–Kier alpha value is -2.71. The van der Waals surface area contributed by atoms with Crippen molar-refractivity contribution in [3.63, 3.8) is 0 Å². The molecule has 1 aromatic heterocycles. The van der Waals surface area contributed by atoms with Gasteiger partial charge >= 0.3 is 0 Å². The van der Waals surface area contributed by atoms with E-state index < -0.39 is 11.9 Å². The fraction of sp³-hybridized carbons (Fsp3) is 0.333.